The fourth-order valence-electron chi connectivity index (χ4n) is 1.25. The summed E-state index contributed by atoms with van der Waals surface area (Å²) in [5.74, 6) is -1.24. The standard InChI is InChI=1S/C8H9NO5S2/c10-8(11)7-6(1-2-15-7)16(12,13)9-5-3-14-4-5/h1-2,5,9H,3-4H2,(H,10,11). The highest BCUT2D eigenvalue weighted by Crippen LogP contribution is 2.22. The van der Waals surface area contributed by atoms with E-state index in [1.54, 1.807) is 0 Å². The zero-order valence-corrected chi connectivity index (χ0v) is 9.68. The zero-order valence-electron chi connectivity index (χ0n) is 8.04. The maximum Gasteiger partial charge on any atom is 0.347 e. The maximum atomic E-state index is 11.8. The third-order valence-corrected chi connectivity index (χ3v) is 4.67. The Morgan fingerprint density at radius 1 is 1.56 bits per heavy atom. The quantitative estimate of drug-likeness (QED) is 0.805. The fourth-order valence-corrected chi connectivity index (χ4v) is 3.72. The van der Waals surface area contributed by atoms with E-state index >= 15 is 0 Å². The molecule has 88 valence electrons. The maximum absolute atomic E-state index is 11.8. The number of thiophene rings is 1. The van der Waals surface area contributed by atoms with Gasteiger partial charge in [-0.25, -0.2) is 17.9 Å². The van der Waals surface area contributed by atoms with Crippen molar-refractivity contribution in [3.8, 4) is 0 Å². The van der Waals surface area contributed by atoms with E-state index in [0.717, 1.165) is 11.3 Å². The molecule has 1 aromatic rings. The summed E-state index contributed by atoms with van der Waals surface area (Å²) < 4.78 is 30.8. The van der Waals surface area contributed by atoms with E-state index in [1.807, 2.05) is 0 Å². The summed E-state index contributed by atoms with van der Waals surface area (Å²) in [6, 6.07) is 1.03. The largest absolute Gasteiger partial charge is 0.477 e. The van der Waals surface area contributed by atoms with Crippen LogP contribution < -0.4 is 4.72 Å². The van der Waals surface area contributed by atoms with Gasteiger partial charge >= 0.3 is 5.97 Å². The molecule has 1 aliphatic heterocycles. The lowest BCUT2D eigenvalue weighted by Crippen LogP contribution is -2.48. The molecule has 0 saturated carbocycles. The monoisotopic (exact) mass is 263 g/mol. The summed E-state index contributed by atoms with van der Waals surface area (Å²) >= 11 is 0.887. The number of sulfonamides is 1. The van der Waals surface area contributed by atoms with Crippen molar-refractivity contribution in [2.45, 2.75) is 10.9 Å². The molecule has 0 atom stereocenters. The van der Waals surface area contributed by atoms with Gasteiger partial charge in [-0.15, -0.1) is 11.3 Å². The number of rotatable bonds is 4. The third-order valence-electron chi connectivity index (χ3n) is 2.07. The summed E-state index contributed by atoms with van der Waals surface area (Å²) in [7, 11) is -3.75. The first-order valence-electron chi connectivity index (χ1n) is 4.41. The van der Waals surface area contributed by atoms with Crippen molar-refractivity contribution in [2.75, 3.05) is 13.2 Å². The Morgan fingerprint density at radius 2 is 2.25 bits per heavy atom. The molecular weight excluding hydrogens is 254 g/mol. The van der Waals surface area contributed by atoms with Gasteiger partial charge in [0.2, 0.25) is 10.0 Å². The van der Waals surface area contributed by atoms with E-state index < -0.39 is 16.0 Å². The van der Waals surface area contributed by atoms with Gasteiger partial charge in [0.25, 0.3) is 0 Å². The van der Waals surface area contributed by atoms with Gasteiger partial charge in [-0.1, -0.05) is 0 Å². The number of carbonyl (C=O) groups is 1. The van der Waals surface area contributed by atoms with Gasteiger partial charge in [0, 0.05) is 0 Å². The molecule has 1 fully saturated rings. The van der Waals surface area contributed by atoms with Crippen LogP contribution >= 0.6 is 11.3 Å². The van der Waals surface area contributed by atoms with Crippen molar-refractivity contribution in [2.24, 2.45) is 0 Å². The minimum Gasteiger partial charge on any atom is -0.477 e. The highest BCUT2D eigenvalue weighted by Gasteiger charge is 2.29. The summed E-state index contributed by atoms with van der Waals surface area (Å²) in [6.45, 7) is 0.650. The minimum absolute atomic E-state index is 0.173. The molecule has 0 aliphatic carbocycles. The van der Waals surface area contributed by atoms with Crippen molar-refractivity contribution in [3.05, 3.63) is 16.3 Å². The second kappa shape index (κ2) is 4.13. The first kappa shape index (κ1) is 11.5. The van der Waals surface area contributed by atoms with Crippen LogP contribution in [0.25, 0.3) is 0 Å². The average Bonchev–Trinajstić information content (AvgIpc) is 2.60. The SMILES string of the molecule is O=C(O)c1sccc1S(=O)(=O)NC1COC1. The Morgan fingerprint density at radius 3 is 2.75 bits per heavy atom. The number of ether oxygens (including phenoxy) is 1. The Hall–Kier alpha value is -0.960. The topological polar surface area (TPSA) is 92.7 Å². The van der Waals surface area contributed by atoms with E-state index in [0.29, 0.717) is 13.2 Å². The lowest BCUT2D eigenvalue weighted by molar-refractivity contribution is 0.00482. The van der Waals surface area contributed by atoms with Crippen molar-refractivity contribution in [1.82, 2.24) is 4.72 Å². The molecule has 1 aromatic heterocycles. The van der Waals surface area contributed by atoms with Gasteiger partial charge < -0.3 is 9.84 Å². The van der Waals surface area contributed by atoms with Gasteiger partial charge in [-0.2, -0.15) is 0 Å². The molecule has 2 N–H and O–H groups in total. The molecule has 0 amide bonds. The highest BCUT2D eigenvalue weighted by molar-refractivity contribution is 7.89. The predicted molar refractivity (Wildman–Crippen MR) is 56.2 cm³/mol. The average molecular weight is 263 g/mol. The van der Waals surface area contributed by atoms with Gasteiger partial charge in [-0.3, -0.25) is 0 Å². The molecule has 0 aromatic carbocycles. The van der Waals surface area contributed by atoms with Crippen LogP contribution in [-0.2, 0) is 14.8 Å². The number of hydrogen-bond acceptors (Lipinski definition) is 5. The second-order valence-electron chi connectivity index (χ2n) is 3.27. The van der Waals surface area contributed by atoms with Crippen LogP contribution in [0.3, 0.4) is 0 Å². The van der Waals surface area contributed by atoms with Gasteiger partial charge in [-0.05, 0) is 11.4 Å². The minimum atomic E-state index is -3.75. The van der Waals surface area contributed by atoms with Crippen molar-refractivity contribution < 1.29 is 23.1 Å². The number of hydrogen-bond donors (Lipinski definition) is 2. The Bertz CT molecular complexity index is 502. The first-order chi connectivity index (χ1) is 7.50. The molecule has 0 bridgehead atoms. The smallest absolute Gasteiger partial charge is 0.347 e. The zero-order chi connectivity index (χ0) is 11.8. The van der Waals surface area contributed by atoms with Crippen LogP contribution in [0.2, 0.25) is 0 Å². The third kappa shape index (κ3) is 2.09. The van der Waals surface area contributed by atoms with E-state index in [1.165, 1.54) is 11.4 Å². The van der Waals surface area contributed by atoms with Crippen LogP contribution in [0, 0.1) is 0 Å². The second-order valence-corrected chi connectivity index (χ2v) is 5.87. The van der Waals surface area contributed by atoms with Gasteiger partial charge in [0.15, 0.2) is 0 Å². The summed E-state index contributed by atoms with van der Waals surface area (Å²) in [4.78, 5) is 10.4. The summed E-state index contributed by atoms with van der Waals surface area (Å²) in [5, 5.41) is 10.3. The molecule has 8 heteroatoms. The summed E-state index contributed by atoms with van der Waals surface area (Å²) in [5.41, 5.74) is 0. The van der Waals surface area contributed by atoms with Gasteiger partial charge in [0.05, 0.1) is 19.3 Å². The lowest BCUT2D eigenvalue weighted by atomic mass is 10.3. The van der Waals surface area contributed by atoms with Crippen LogP contribution in [0.4, 0.5) is 0 Å². The van der Waals surface area contributed by atoms with Crippen LogP contribution in [0.15, 0.2) is 16.3 Å². The molecule has 0 spiro atoms. The molecule has 16 heavy (non-hydrogen) atoms. The molecule has 6 nitrogen and oxygen atoms in total. The Labute approximate surface area is 95.9 Å². The highest BCUT2D eigenvalue weighted by atomic mass is 32.2. The first-order valence-corrected chi connectivity index (χ1v) is 6.78. The number of carboxylic acids is 1. The van der Waals surface area contributed by atoms with Gasteiger partial charge in [0.1, 0.15) is 9.77 Å². The van der Waals surface area contributed by atoms with E-state index in [-0.39, 0.29) is 15.8 Å². The lowest BCUT2D eigenvalue weighted by Gasteiger charge is -2.26. The van der Waals surface area contributed by atoms with Crippen molar-refractivity contribution in [1.29, 1.82) is 0 Å². The number of carboxylic acid groups (broad SMARTS) is 1. The van der Waals surface area contributed by atoms with Crippen molar-refractivity contribution in [3.63, 3.8) is 0 Å². The van der Waals surface area contributed by atoms with Crippen LogP contribution in [-0.4, -0.2) is 38.7 Å². The van der Waals surface area contributed by atoms with Crippen LogP contribution in [0.5, 0.6) is 0 Å². The number of aromatic carboxylic acids is 1. The molecule has 1 aliphatic rings. The molecule has 0 unspecified atom stereocenters. The van der Waals surface area contributed by atoms with E-state index in [4.69, 9.17) is 9.84 Å². The summed E-state index contributed by atoms with van der Waals surface area (Å²) in [6.07, 6.45) is 0. The van der Waals surface area contributed by atoms with Crippen LogP contribution in [0.1, 0.15) is 9.67 Å². The predicted octanol–water partition coefficient (Wildman–Crippen LogP) is 0.123. The Kier molecular flexibility index (Phi) is 2.98. The molecule has 1 saturated heterocycles. The van der Waals surface area contributed by atoms with E-state index in [2.05, 4.69) is 4.72 Å². The molecular formula is C8H9NO5S2. The number of nitrogens with one attached hydrogen (secondary N) is 1. The normalized spacial score (nSPS) is 17.0. The van der Waals surface area contributed by atoms with E-state index in [9.17, 15) is 13.2 Å². The molecule has 2 heterocycles. The Balaban J connectivity index is 2.27. The fraction of sp³-hybridized carbons (Fsp3) is 0.375. The molecule has 0 radical (unpaired) electrons. The molecule has 2 rings (SSSR count). The van der Waals surface area contributed by atoms with Crippen molar-refractivity contribution >= 4 is 27.3 Å².